The molecule has 2 heterocycles. The number of rotatable bonds is 5. The molecule has 1 aliphatic rings. The van der Waals surface area contributed by atoms with Gasteiger partial charge in [-0.05, 0) is 43.5 Å². The number of ether oxygens (including phenoxy) is 1. The number of methoxy groups -OCH3 is 1. The van der Waals surface area contributed by atoms with Gasteiger partial charge in [0.2, 0.25) is 5.91 Å². The minimum Gasteiger partial charge on any atom is -0.391 e. The zero-order valence-electron chi connectivity index (χ0n) is 14.7. The number of aromatic nitrogens is 1. The van der Waals surface area contributed by atoms with E-state index in [0.717, 1.165) is 10.9 Å². The van der Waals surface area contributed by atoms with Crippen LogP contribution < -0.4 is 5.73 Å². The van der Waals surface area contributed by atoms with Gasteiger partial charge in [0, 0.05) is 24.6 Å². The number of carbonyl (C=O) groups excluding carboxylic acids is 1. The minimum absolute atomic E-state index is 0.261. The van der Waals surface area contributed by atoms with Gasteiger partial charge in [0.05, 0.1) is 18.2 Å². The molecule has 4 atom stereocenters. The fraction of sp³-hybridized carbons (Fsp3) is 0.500. The number of carbonyl (C=O) groups is 1. The van der Waals surface area contributed by atoms with Crippen LogP contribution in [0.1, 0.15) is 18.9 Å². The second kappa shape index (κ2) is 7.52. The van der Waals surface area contributed by atoms with Crippen molar-refractivity contribution in [3.8, 4) is 0 Å². The van der Waals surface area contributed by atoms with E-state index in [4.69, 9.17) is 22.1 Å². The highest BCUT2D eigenvalue weighted by atomic mass is 35.5. The van der Waals surface area contributed by atoms with Crippen molar-refractivity contribution in [2.24, 2.45) is 5.73 Å². The van der Waals surface area contributed by atoms with Crippen LogP contribution in [0.5, 0.6) is 0 Å². The molecule has 1 amide bonds. The van der Waals surface area contributed by atoms with Crippen LogP contribution >= 0.6 is 11.6 Å². The fourth-order valence-corrected chi connectivity index (χ4v) is 3.78. The van der Waals surface area contributed by atoms with Gasteiger partial charge >= 0.3 is 0 Å². The van der Waals surface area contributed by atoms with Crippen LogP contribution in [0.2, 0.25) is 5.15 Å². The molecule has 0 aliphatic carbocycles. The standard InChI is InChI=1S/C18H23ClFN3O3/c1-9(26-2)16(21)18(25)23-6-5-15(24)14(23)8-12-11-4-3-10(20)7-13(11)22-17(12)19/h3-4,7,9,14-16,22,24H,5-6,8,21H2,1-2H3/t9?,14-,15+,16?/m1/s1. The number of fused-ring (bicyclic) bond motifs is 1. The second-order valence-electron chi connectivity index (χ2n) is 6.73. The lowest BCUT2D eigenvalue weighted by atomic mass is 10.0. The molecule has 1 saturated heterocycles. The molecule has 0 bridgehead atoms. The van der Waals surface area contributed by atoms with Crippen LogP contribution in [0.4, 0.5) is 4.39 Å². The molecule has 1 aromatic heterocycles. The van der Waals surface area contributed by atoms with Crippen molar-refractivity contribution >= 4 is 28.4 Å². The highest BCUT2D eigenvalue weighted by molar-refractivity contribution is 6.31. The quantitative estimate of drug-likeness (QED) is 0.734. The molecule has 1 aliphatic heterocycles. The molecule has 8 heteroatoms. The molecule has 0 radical (unpaired) electrons. The smallest absolute Gasteiger partial charge is 0.242 e. The molecular weight excluding hydrogens is 361 g/mol. The van der Waals surface area contributed by atoms with Crippen molar-refractivity contribution in [1.29, 1.82) is 0 Å². The predicted octanol–water partition coefficient (Wildman–Crippen LogP) is 1.83. The van der Waals surface area contributed by atoms with Crippen LogP contribution in [0.25, 0.3) is 10.9 Å². The van der Waals surface area contributed by atoms with E-state index in [1.807, 2.05) is 0 Å². The van der Waals surface area contributed by atoms with E-state index in [2.05, 4.69) is 4.98 Å². The maximum absolute atomic E-state index is 13.4. The first-order valence-corrected chi connectivity index (χ1v) is 8.93. The Kier molecular flexibility index (Phi) is 5.53. The Morgan fingerprint density at radius 1 is 1.58 bits per heavy atom. The Hall–Kier alpha value is -1.67. The van der Waals surface area contributed by atoms with Gasteiger partial charge in [-0.25, -0.2) is 4.39 Å². The number of likely N-dealkylation sites (tertiary alicyclic amines) is 1. The van der Waals surface area contributed by atoms with Crippen LogP contribution in [0, 0.1) is 5.82 Å². The van der Waals surface area contributed by atoms with Gasteiger partial charge in [0.25, 0.3) is 0 Å². The molecular formula is C18H23ClFN3O3. The summed E-state index contributed by atoms with van der Waals surface area (Å²) < 4.78 is 18.6. The first-order valence-electron chi connectivity index (χ1n) is 8.56. The minimum atomic E-state index is -0.805. The Labute approximate surface area is 156 Å². The fourth-order valence-electron chi connectivity index (χ4n) is 3.50. The average Bonchev–Trinajstić information content (AvgIpc) is 3.13. The number of aromatic amines is 1. The molecule has 3 rings (SSSR count). The third-order valence-electron chi connectivity index (χ3n) is 5.19. The monoisotopic (exact) mass is 383 g/mol. The van der Waals surface area contributed by atoms with Crippen molar-refractivity contribution in [2.75, 3.05) is 13.7 Å². The van der Waals surface area contributed by atoms with E-state index in [9.17, 15) is 14.3 Å². The highest BCUT2D eigenvalue weighted by Crippen LogP contribution is 2.31. The van der Waals surface area contributed by atoms with Gasteiger partial charge in [0.15, 0.2) is 0 Å². The summed E-state index contributed by atoms with van der Waals surface area (Å²) in [6, 6.07) is 3.13. The van der Waals surface area contributed by atoms with Gasteiger partial charge in [-0.15, -0.1) is 0 Å². The third-order valence-corrected chi connectivity index (χ3v) is 5.51. The number of benzene rings is 1. The summed E-state index contributed by atoms with van der Waals surface area (Å²) in [7, 11) is 1.50. The number of hydrogen-bond acceptors (Lipinski definition) is 4. The zero-order valence-corrected chi connectivity index (χ0v) is 15.5. The lowest BCUT2D eigenvalue weighted by molar-refractivity contribution is -0.137. The highest BCUT2D eigenvalue weighted by Gasteiger charge is 2.39. The van der Waals surface area contributed by atoms with E-state index in [1.165, 1.54) is 19.2 Å². The van der Waals surface area contributed by atoms with Crippen molar-refractivity contribution < 1.29 is 19.0 Å². The number of hydrogen-bond donors (Lipinski definition) is 3. The molecule has 4 N–H and O–H groups in total. The lowest BCUT2D eigenvalue weighted by Gasteiger charge is -2.30. The third kappa shape index (κ3) is 3.44. The van der Waals surface area contributed by atoms with E-state index < -0.39 is 24.3 Å². The first-order chi connectivity index (χ1) is 12.3. The number of nitrogens with one attached hydrogen (secondary N) is 1. The summed E-state index contributed by atoms with van der Waals surface area (Å²) in [5.41, 5.74) is 7.33. The maximum atomic E-state index is 13.4. The van der Waals surface area contributed by atoms with Gasteiger partial charge in [-0.2, -0.15) is 0 Å². The number of amides is 1. The summed E-state index contributed by atoms with van der Waals surface area (Å²) in [6.07, 6.45) is -0.282. The van der Waals surface area contributed by atoms with E-state index >= 15 is 0 Å². The molecule has 2 aromatic rings. The van der Waals surface area contributed by atoms with Gasteiger partial charge in [-0.3, -0.25) is 4.79 Å². The summed E-state index contributed by atoms with van der Waals surface area (Å²) in [4.78, 5) is 17.3. The Morgan fingerprint density at radius 3 is 3.00 bits per heavy atom. The zero-order chi connectivity index (χ0) is 19.0. The maximum Gasteiger partial charge on any atom is 0.242 e. The average molecular weight is 384 g/mol. The molecule has 1 aromatic carbocycles. The van der Waals surface area contributed by atoms with Crippen molar-refractivity contribution in [3.05, 3.63) is 34.7 Å². The van der Waals surface area contributed by atoms with E-state index in [0.29, 0.717) is 30.1 Å². The number of H-pyrrole nitrogens is 1. The first kappa shape index (κ1) is 19.1. The Morgan fingerprint density at radius 2 is 2.31 bits per heavy atom. The summed E-state index contributed by atoms with van der Waals surface area (Å²) in [6.45, 7) is 2.15. The van der Waals surface area contributed by atoms with Crippen molar-refractivity contribution in [2.45, 2.75) is 44.1 Å². The molecule has 6 nitrogen and oxygen atoms in total. The largest absolute Gasteiger partial charge is 0.391 e. The summed E-state index contributed by atoms with van der Waals surface area (Å²) in [5.74, 6) is -0.623. The van der Waals surface area contributed by atoms with E-state index in [1.54, 1.807) is 17.9 Å². The second-order valence-corrected chi connectivity index (χ2v) is 7.11. The number of nitrogens with zero attached hydrogens (tertiary/aromatic N) is 1. The van der Waals surface area contributed by atoms with Crippen LogP contribution in [0.15, 0.2) is 18.2 Å². The van der Waals surface area contributed by atoms with E-state index in [-0.39, 0.29) is 11.7 Å². The molecule has 0 saturated carbocycles. The van der Waals surface area contributed by atoms with Gasteiger partial charge in [0.1, 0.15) is 17.0 Å². The van der Waals surface area contributed by atoms with Crippen molar-refractivity contribution in [1.82, 2.24) is 9.88 Å². The normalized spacial score (nSPS) is 22.8. The molecule has 1 fully saturated rings. The lowest BCUT2D eigenvalue weighted by Crippen LogP contribution is -2.52. The number of halogens is 2. The summed E-state index contributed by atoms with van der Waals surface area (Å²) in [5, 5.41) is 11.6. The number of nitrogens with two attached hydrogens (primary N) is 1. The van der Waals surface area contributed by atoms with Gasteiger partial charge in [-0.1, -0.05) is 11.6 Å². The van der Waals surface area contributed by atoms with Crippen molar-refractivity contribution in [3.63, 3.8) is 0 Å². The van der Waals surface area contributed by atoms with Gasteiger partial charge < -0.3 is 25.5 Å². The summed E-state index contributed by atoms with van der Waals surface area (Å²) >= 11 is 6.30. The Balaban J connectivity index is 1.88. The number of aliphatic hydroxyl groups is 1. The van der Waals surface area contributed by atoms with Crippen LogP contribution in [-0.4, -0.2) is 58.8 Å². The van der Waals surface area contributed by atoms with Crippen LogP contribution in [-0.2, 0) is 16.0 Å². The van der Waals surface area contributed by atoms with Crippen LogP contribution in [0.3, 0.4) is 0 Å². The predicted molar refractivity (Wildman–Crippen MR) is 97.5 cm³/mol. The number of aliphatic hydroxyl groups excluding tert-OH is 1. The topological polar surface area (TPSA) is 91.6 Å². The molecule has 26 heavy (non-hydrogen) atoms. The molecule has 0 spiro atoms. The molecule has 2 unspecified atom stereocenters. The SMILES string of the molecule is COC(C)C(N)C(=O)N1CC[C@H](O)[C@H]1Cc1c(Cl)[nH]c2cc(F)ccc12. The molecule has 142 valence electrons. The Bertz CT molecular complexity index is 812.